The Balaban J connectivity index is 2.10. The highest BCUT2D eigenvalue weighted by Crippen LogP contribution is 2.38. The van der Waals surface area contributed by atoms with Crippen molar-refractivity contribution in [1.82, 2.24) is 0 Å². The summed E-state index contributed by atoms with van der Waals surface area (Å²) in [5, 5.41) is 5.53. The molecule has 0 bridgehead atoms. The van der Waals surface area contributed by atoms with Crippen LogP contribution in [-0.4, -0.2) is 18.9 Å². The molecule has 0 aliphatic heterocycles. The van der Waals surface area contributed by atoms with Gasteiger partial charge in [-0.15, -0.1) is 0 Å². The summed E-state index contributed by atoms with van der Waals surface area (Å²) in [6, 6.07) is 5.17. The number of ether oxygens (including phenoxy) is 1. The molecule has 102 valence electrons. The fourth-order valence-corrected chi connectivity index (χ4v) is 1.98. The standard InChI is InChI=1S/C14H18N2O3/c1-8-6-11(8)14(18)16-10-4-5-12(15-9(2)17)13(7-10)19-3/h4-5,7-8,11H,6H2,1-3H3,(H,15,17)(H,16,18)/t8-,11-/m1/s1. The first-order valence-electron chi connectivity index (χ1n) is 6.27. The van der Waals surface area contributed by atoms with Crippen LogP contribution in [-0.2, 0) is 9.59 Å². The van der Waals surface area contributed by atoms with E-state index in [1.807, 2.05) is 0 Å². The third kappa shape index (κ3) is 3.24. The Morgan fingerprint density at radius 2 is 2.00 bits per heavy atom. The Hall–Kier alpha value is -2.04. The molecule has 1 aromatic carbocycles. The Labute approximate surface area is 112 Å². The zero-order chi connectivity index (χ0) is 14.0. The highest BCUT2D eigenvalue weighted by molar-refractivity contribution is 5.96. The second-order valence-corrected chi connectivity index (χ2v) is 4.90. The van der Waals surface area contributed by atoms with E-state index in [2.05, 4.69) is 17.6 Å². The van der Waals surface area contributed by atoms with Crippen LogP contribution in [0.5, 0.6) is 5.75 Å². The summed E-state index contributed by atoms with van der Waals surface area (Å²) in [4.78, 5) is 22.9. The lowest BCUT2D eigenvalue weighted by Crippen LogP contribution is -2.14. The molecule has 0 radical (unpaired) electrons. The summed E-state index contributed by atoms with van der Waals surface area (Å²) < 4.78 is 5.20. The topological polar surface area (TPSA) is 67.4 Å². The van der Waals surface area contributed by atoms with E-state index in [-0.39, 0.29) is 17.7 Å². The molecular weight excluding hydrogens is 244 g/mol. The van der Waals surface area contributed by atoms with E-state index in [0.29, 0.717) is 23.0 Å². The van der Waals surface area contributed by atoms with Gasteiger partial charge in [0.15, 0.2) is 0 Å². The van der Waals surface area contributed by atoms with Gasteiger partial charge in [0.1, 0.15) is 5.75 Å². The Kier molecular flexibility index (Phi) is 3.74. The first-order valence-corrected chi connectivity index (χ1v) is 6.27. The molecule has 0 heterocycles. The van der Waals surface area contributed by atoms with Gasteiger partial charge in [-0.1, -0.05) is 6.92 Å². The highest BCUT2D eigenvalue weighted by atomic mass is 16.5. The molecule has 1 aromatic rings. The van der Waals surface area contributed by atoms with Crippen LogP contribution < -0.4 is 15.4 Å². The zero-order valence-electron chi connectivity index (χ0n) is 11.3. The summed E-state index contributed by atoms with van der Waals surface area (Å²) in [5.41, 5.74) is 1.27. The first kappa shape index (κ1) is 13.4. The molecule has 2 N–H and O–H groups in total. The summed E-state index contributed by atoms with van der Waals surface area (Å²) in [5.74, 6) is 1.00. The number of amides is 2. The van der Waals surface area contributed by atoms with Crippen LogP contribution in [0.2, 0.25) is 0 Å². The molecule has 2 rings (SSSR count). The zero-order valence-corrected chi connectivity index (χ0v) is 11.3. The molecule has 0 saturated heterocycles. The minimum absolute atomic E-state index is 0.0434. The molecule has 2 amide bonds. The van der Waals surface area contributed by atoms with Gasteiger partial charge in [0, 0.05) is 24.6 Å². The van der Waals surface area contributed by atoms with Crippen LogP contribution in [0.3, 0.4) is 0 Å². The lowest BCUT2D eigenvalue weighted by atomic mass is 10.2. The second kappa shape index (κ2) is 5.30. The number of anilines is 2. The Morgan fingerprint density at radius 1 is 1.32 bits per heavy atom. The van der Waals surface area contributed by atoms with Gasteiger partial charge in [0.05, 0.1) is 12.8 Å². The van der Waals surface area contributed by atoms with Crippen molar-refractivity contribution in [2.45, 2.75) is 20.3 Å². The van der Waals surface area contributed by atoms with Crippen molar-refractivity contribution in [3.63, 3.8) is 0 Å². The summed E-state index contributed by atoms with van der Waals surface area (Å²) in [6.45, 7) is 3.49. The number of nitrogens with one attached hydrogen (secondary N) is 2. The smallest absolute Gasteiger partial charge is 0.227 e. The lowest BCUT2D eigenvalue weighted by molar-refractivity contribution is -0.117. The first-order chi connectivity index (χ1) is 9.01. The van der Waals surface area contributed by atoms with Crippen LogP contribution >= 0.6 is 0 Å². The number of methoxy groups -OCH3 is 1. The minimum atomic E-state index is -0.165. The second-order valence-electron chi connectivity index (χ2n) is 4.90. The third-order valence-corrected chi connectivity index (χ3v) is 3.23. The quantitative estimate of drug-likeness (QED) is 0.874. The number of carbonyl (C=O) groups is 2. The maximum absolute atomic E-state index is 11.8. The van der Waals surface area contributed by atoms with Crippen molar-refractivity contribution in [3.8, 4) is 5.75 Å². The lowest BCUT2D eigenvalue weighted by Gasteiger charge is -2.11. The average Bonchev–Trinajstić information content (AvgIpc) is 3.08. The largest absolute Gasteiger partial charge is 0.494 e. The number of carbonyl (C=O) groups excluding carboxylic acids is 2. The predicted octanol–water partition coefficient (Wildman–Crippen LogP) is 2.25. The minimum Gasteiger partial charge on any atom is -0.494 e. The van der Waals surface area contributed by atoms with Crippen molar-refractivity contribution in [2.75, 3.05) is 17.7 Å². The molecule has 0 aromatic heterocycles. The molecule has 2 atom stereocenters. The molecule has 1 saturated carbocycles. The molecule has 1 aliphatic carbocycles. The third-order valence-electron chi connectivity index (χ3n) is 3.23. The van der Waals surface area contributed by atoms with Crippen molar-refractivity contribution < 1.29 is 14.3 Å². The van der Waals surface area contributed by atoms with Crippen LogP contribution in [0.25, 0.3) is 0 Å². The van der Waals surface area contributed by atoms with Gasteiger partial charge < -0.3 is 15.4 Å². The molecule has 1 fully saturated rings. The number of benzene rings is 1. The van der Waals surface area contributed by atoms with Crippen LogP contribution in [0.1, 0.15) is 20.3 Å². The van der Waals surface area contributed by atoms with Gasteiger partial charge in [-0.05, 0) is 24.5 Å². The van der Waals surface area contributed by atoms with Crippen molar-refractivity contribution >= 4 is 23.2 Å². The van der Waals surface area contributed by atoms with E-state index < -0.39 is 0 Å². The fraction of sp³-hybridized carbons (Fsp3) is 0.429. The van der Waals surface area contributed by atoms with Crippen LogP contribution in [0, 0.1) is 11.8 Å². The van der Waals surface area contributed by atoms with Gasteiger partial charge in [-0.3, -0.25) is 9.59 Å². The molecule has 1 aliphatic rings. The van der Waals surface area contributed by atoms with E-state index in [4.69, 9.17) is 4.74 Å². The SMILES string of the molecule is COc1cc(NC(=O)[C@@H]2C[C@H]2C)ccc1NC(C)=O. The Morgan fingerprint density at radius 3 is 2.53 bits per heavy atom. The van der Waals surface area contributed by atoms with Crippen LogP contribution in [0.15, 0.2) is 18.2 Å². The van der Waals surface area contributed by atoms with E-state index in [1.165, 1.54) is 14.0 Å². The van der Waals surface area contributed by atoms with Gasteiger partial charge in [-0.2, -0.15) is 0 Å². The number of hydrogen-bond acceptors (Lipinski definition) is 3. The molecule has 0 unspecified atom stereocenters. The van der Waals surface area contributed by atoms with Gasteiger partial charge in [-0.25, -0.2) is 0 Å². The predicted molar refractivity (Wildman–Crippen MR) is 73.2 cm³/mol. The molecule has 0 spiro atoms. The van der Waals surface area contributed by atoms with Crippen molar-refractivity contribution in [2.24, 2.45) is 11.8 Å². The monoisotopic (exact) mass is 262 g/mol. The highest BCUT2D eigenvalue weighted by Gasteiger charge is 2.39. The molecule has 5 nitrogen and oxygen atoms in total. The van der Waals surface area contributed by atoms with E-state index >= 15 is 0 Å². The summed E-state index contributed by atoms with van der Waals surface area (Å²) in [7, 11) is 1.52. The summed E-state index contributed by atoms with van der Waals surface area (Å²) >= 11 is 0. The molecular formula is C14H18N2O3. The van der Waals surface area contributed by atoms with Crippen molar-refractivity contribution in [3.05, 3.63) is 18.2 Å². The van der Waals surface area contributed by atoms with E-state index in [0.717, 1.165) is 6.42 Å². The van der Waals surface area contributed by atoms with Gasteiger partial charge in [0.2, 0.25) is 11.8 Å². The average molecular weight is 262 g/mol. The summed E-state index contributed by atoms with van der Waals surface area (Å²) in [6.07, 6.45) is 0.951. The van der Waals surface area contributed by atoms with Gasteiger partial charge in [0.25, 0.3) is 0 Å². The van der Waals surface area contributed by atoms with Gasteiger partial charge >= 0.3 is 0 Å². The molecule has 19 heavy (non-hydrogen) atoms. The van der Waals surface area contributed by atoms with E-state index in [1.54, 1.807) is 18.2 Å². The number of hydrogen-bond donors (Lipinski definition) is 2. The normalized spacial score (nSPS) is 20.6. The van der Waals surface area contributed by atoms with Crippen LogP contribution in [0.4, 0.5) is 11.4 Å². The van der Waals surface area contributed by atoms with E-state index in [9.17, 15) is 9.59 Å². The Bertz CT molecular complexity index is 513. The maximum atomic E-state index is 11.8. The maximum Gasteiger partial charge on any atom is 0.227 e. The molecule has 5 heteroatoms. The van der Waals surface area contributed by atoms with Crippen molar-refractivity contribution in [1.29, 1.82) is 0 Å². The fourth-order valence-electron chi connectivity index (χ4n) is 1.98. The number of rotatable bonds is 4.